The zero-order chi connectivity index (χ0) is 11.5. The molecule has 15 heavy (non-hydrogen) atoms. The van der Waals surface area contributed by atoms with Crippen molar-refractivity contribution in [3.8, 4) is 0 Å². The van der Waals surface area contributed by atoms with Gasteiger partial charge in [-0.1, -0.05) is 13.8 Å². The van der Waals surface area contributed by atoms with E-state index in [1.807, 2.05) is 18.7 Å². The summed E-state index contributed by atoms with van der Waals surface area (Å²) in [5.41, 5.74) is 0. The molecule has 0 aromatic heterocycles. The van der Waals surface area contributed by atoms with Crippen LogP contribution in [0.3, 0.4) is 0 Å². The second kappa shape index (κ2) is 5.21. The standard InChI is InChI=1S/C9H16F2N2.C2H6/c1-12-4-2-8(3-5-12)13-6-9(10,11)7-13;1-2/h8H,2-7H2,1H3;1-2H3. The topological polar surface area (TPSA) is 6.48 Å². The molecule has 2 saturated heterocycles. The number of likely N-dealkylation sites (tertiary alicyclic amines) is 2. The van der Waals surface area contributed by atoms with Gasteiger partial charge in [-0.2, -0.15) is 0 Å². The third-order valence-corrected chi connectivity index (χ3v) is 3.07. The fourth-order valence-electron chi connectivity index (χ4n) is 2.17. The van der Waals surface area contributed by atoms with Crippen LogP contribution in [0.15, 0.2) is 0 Å². The Hall–Kier alpha value is -0.220. The molecule has 0 aliphatic carbocycles. The van der Waals surface area contributed by atoms with Crippen molar-refractivity contribution in [1.29, 1.82) is 0 Å². The molecule has 0 radical (unpaired) electrons. The van der Waals surface area contributed by atoms with Crippen LogP contribution in [0.5, 0.6) is 0 Å². The van der Waals surface area contributed by atoms with Gasteiger partial charge in [0.15, 0.2) is 0 Å². The molecule has 0 N–H and O–H groups in total. The number of hydrogen-bond donors (Lipinski definition) is 0. The van der Waals surface area contributed by atoms with E-state index in [1.165, 1.54) is 0 Å². The van der Waals surface area contributed by atoms with Gasteiger partial charge in [0, 0.05) is 6.04 Å². The quantitative estimate of drug-likeness (QED) is 0.667. The zero-order valence-corrected chi connectivity index (χ0v) is 9.97. The van der Waals surface area contributed by atoms with E-state index in [4.69, 9.17) is 0 Å². The first-order chi connectivity index (χ1) is 7.07. The van der Waals surface area contributed by atoms with Crippen molar-refractivity contribution in [2.45, 2.75) is 38.7 Å². The molecule has 2 fully saturated rings. The SMILES string of the molecule is CC.CN1CCC(N2CC(F)(F)C2)CC1. The largest absolute Gasteiger partial charge is 0.306 e. The molecule has 0 bridgehead atoms. The maximum Gasteiger partial charge on any atom is 0.272 e. The summed E-state index contributed by atoms with van der Waals surface area (Å²) in [6.07, 6.45) is 2.10. The summed E-state index contributed by atoms with van der Waals surface area (Å²) < 4.78 is 25.1. The van der Waals surface area contributed by atoms with Crippen molar-refractivity contribution >= 4 is 0 Å². The van der Waals surface area contributed by atoms with Gasteiger partial charge in [-0.05, 0) is 33.0 Å². The van der Waals surface area contributed by atoms with Gasteiger partial charge in [0.05, 0.1) is 13.1 Å². The lowest BCUT2D eigenvalue weighted by atomic mass is 9.98. The lowest BCUT2D eigenvalue weighted by Gasteiger charge is -2.46. The lowest BCUT2D eigenvalue weighted by Crippen LogP contribution is -2.61. The minimum atomic E-state index is -2.40. The monoisotopic (exact) mass is 220 g/mol. The number of alkyl halides is 2. The summed E-state index contributed by atoms with van der Waals surface area (Å²) in [4.78, 5) is 4.18. The number of piperidine rings is 1. The predicted molar refractivity (Wildman–Crippen MR) is 58.4 cm³/mol. The molecular weight excluding hydrogens is 198 g/mol. The van der Waals surface area contributed by atoms with Crippen molar-refractivity contribution in [2.24, 2.45) is 0 Å². The van der Waals surface area contributed by atoms with Crippen molar-refractivity contribution < 1.29 is 8.78 Å². The number of hydrogen-bond acceptors (Lipinski definition) is 2. The molecule has 0 unspecified atom stereocenters. The summed E-state index contributed by atoms with van der Waals surface area (Å²) in [7, 11) is 2.08. The van der Waals surface area contributed by atoms with E-state index in [2.05, 4.69) is 11.9 Å². The zero-order valence-electron chi connectivity index (χ0n) is 9.97. The van der Waals surface area contributed by atoms with Crippen LogP contribution in [-0.2, 0) is 0 Å². The first-order valence-corrected chi connectivity index (χ1v) is 5.87. The van der Waals surface area contributed by atoms with Gasteiger partial charge in [0.1, 0.15) is 0 Å². The smallest absolute Gasteiger partial charge is 0.272 e. The molecule has 0 saturated carbocycles. The molecule has 2 heterocycles. The first kappa shape index (κ1) is 12.8. The molecule has 2 nitrogen and oxygen atoms in total. The Morgan fingerprint density at radius 2 is 1.53 bits per heavy atom. The molecule has 0 amide bonds. The third-order valence-electron chi connectivity index (χ3n) is 3.07. The molecule has 90 valence electrons. The molecule has 0 aromatic rings. The number of halogens is 2. The van der Waals surface area contributed by atoms with E-state index in [0.29, 0.717) is 6.04 Å². The summed E-state index contributed by atoms with van der Waals surface area (Å²) in [5.74, 6) is -2.40. The summed E-state index contributed by atoms with van der Waals surface area (Å²) in [5, 5.41) is 0. The molecule has 0 atom stereocenters. The van der Waals surface area contributed by atoms with Gasteiger partial charge in [-0.15, -0.1) is 0 Å². The second-order valence-electron chi connectivity index (χ2n) is 4.30. The molecule has 2 aliphatic rings. The highest BCUT2D eigenvalue weighted by atomic mass is 19.3. The number of nitrogens with zero attached hydrogens (tertiary/aromatic N) is 2. The van der Waals surface area contributed by atoms with Crippen LogP contribution in [0.4, 0.5) is 8.78 Å². The van der Waals surface area contributed by atoms with E-state index in [-0.39, 0.29) is 13.1 Å². The Morgan fingerprint density at radius 3 is 1.93 bits per heavy atom. The molecular formula is C11H22F2N2. The van der Waals surface area contributed by atoms with Gasteiger partial charge >= 0.3 is 0 Å². The van der Waals surface area contributed by atoms with Crippen LogP contribution in [0.25, 0.3) is 0 Å². The Labute approximate surface area is 91.2 Å². The van der Waals surface area contributed by atoms with Crippen molar-refractivity contribution in [3.05, 3.63) is 0 Å². The van der Waals surface area contributed by atoms with Gasteiger partial charge in [-0.25, -0.2) is 8.78 Å². The van der Waals surface area contributed by atoms with E-state index >= 15 is 0 Å². The Kier molecular flexibility index (Phi) is 4.46. The minimum Gasteiger partial charge on any atom is -0.306 e. The normalized spacial score (nSPS) is 27.8. The second-order valence-corrected chi connectivity index (χ2v) is 4.30. The maximum atomic E-state index is 12.6. The molecule has 2 rings (SSSR count). The Balaban J connectivity index is 0.000000531. The highest BCUT2D eigenvalue weighted by Gasteiger charge is 2.46. The molecule has 0 aromatic carbocycles. The lowest BCUT2D eigenvalue weighted by molar-refractivity contribution is -0.151. The van der Waals surface area contributed by atoms with Crippen molar-refractivity contribution in [1.82, 2.24) is 9.80 Å². The summed E-state index contributed by atoms with van der Waals surface area (Å²) in [6.45, 7) is 6.07. The average molecular weight is 220 g/mol. The predicted octanol–water partition coefficient (Wildman–Crippen LogP) is 2.06. The first-order valence-electron chi connectivity index (χ1n) is 5.87. The van der Waals surface area contributed by atoms with Gasteiger partial charge < -0.3 is 4.90 Å². The minimum absolute atomic E-state index is 0.0125. The Morgan fingerprint density at radius 1 is 1.07 bits per heavy atom. The van der Waals surface area contributed by atoms with E-state index in [1.54, 1.807) is 0 Å². The van der Waals surface area contributed by atoms with Gasteiger partial charge in [-0.3, -0.25) is 4.90 Å². The van der Waals surface area contributed by atoms with E-state index < -0.39 is 5.92 Å². The van der Waals surface area contributed by atoms with Crippen LogP contribution >= 0.6 is 0 Å². The Bertz CT molecular complexity index is 181. The highest BCUT2D eigenvalue weighted by molar-refractivity contribution is 4.92. The van der Waals surface area contributed by atoms with Crippen LogP contribution in [0.1, 0.15) is 26.7 Å². The number of rotatable bonds is 1. The highest BCUT2D eigenvalue weighted by Crippen LogP contribution is 2.31. The van der Waals surface area contributed by atoms with Gasteiger partial charge in [0.25, 0.3) is 5.92 Å². The molecule has 4 heteroatoms. The molecule has 0 spiro atoms. The van der Waals surface area contributed by atoms with Crippen LogP contribution in [0.2, 0.25) is 0 Å². The fraction of sp³-hybridized carbons (Fsp3) is 1.00. The molecule has 2 aliphatic heterocycles. The van der Waals surface area contributed by atoms with Crippen LogP contribution in [0, 0.1) is 0 Å². The summed E-state index contributed by atoms with van der Waals surface area (Å²) >= 11 is 0. The fourth-order valence-corrected chi connectivity index (χ4v) is 2.17. The van der Waals surface area contributed by atoms with Gasteiger partial charge in [0.2, 0.25) is 0 Å². The summed E-state index contributed by atoms with van der Waals surface area (Å²) in [6, 6.07) is 0.413. The van der Waals surface area contributed by atoms with Crippen molar-refractivity contribution in [3.63, 3.8) is 0 Å². The third kappa shape index (κ3) is 3.38. The van der Waals surface area contributed by atoms with Crippen LogP contribution in [-0.4, -0.2) is 55.0 Å². The van der Waals surface area contributed by atoms with Crippen LogP contribution < -0.4 is 0 Å². The van der Waals surface area contributed by atoms with Crippen molar-refractivity contribution in [2.75, 3.05) is 33.2 Å². The van der Waals surface area contributed by atoms with E-state index in [9.17, 15) is 8.78 Å². The van der Waals surface area contributed by atoms with E-state index in [0.717, 1.165) is 25.9 Å². The maximum absolute atomic E-state index is 12.6. The average Bonchev–Trinajstić information content (AvgIpc) is 2.18.